The fourth-order valence-corrected chi connectivity index (χ4v) is 3.01. The van der Waals surface area contributed by atoms with Crippen molar-refractivity contribution in [3.8, 4) is 0 Å². The summed E-state index contributed by atoms with van der Waals surface area (Å²) in [4.78, 5) is 25.0. The fourth-order valence-electron chi connectivity index (χ4n) is 3.01. The van der Waals surface area contributed by atoms with Crippen molar-refractivity contribution in [2.75, 3.05) is 30.3 Å². The van der Waals surface area contributed by atoms with Gasteiger partial charge in [-0.15, -0.1) is 0 Å². The third-order valence-electron chi connectivity index (χ3n) is 4.21. The highest BCUT2D eigenvalue weighted by atomic mass is 16.2. The average molecular weight is 318 g/mol. The third-order valence-corrected chi connectivity index (χ3v) is 4.21. The molecular weight excluding hydrogens is 292 g/mol. The summed E-state index contributed by atoms with van der Waals surface area (Å²) in [6.45, 7) is 1.74. The van der Waals surface area contributed by atoms with Crippen molar-refractivity contribution in [1.29, 1.82) is 0 Å². The molecule has 6 heteroatoms. The quantitative estimate of drug-likeness (QED) is 0.711. The Morgan fingerprint density at radius 3 is 2.61 bits per heavy atom. The van der Waals surface area contributed by atoms with Crippen LogP contribution in [0.15, 0.2) is 24.3 Å². The first-order chi connectivity index (χ1) is 11.0. The van der Waals surface area contributed by atoms with Crippen LogP contribution in [0, 0.1) is 5.92 Å². The zero-order chi connectivity index (χ0) is 16.7. The third kappa shape index (κ3) is 5.81. The lowest BCUT2D eigenvalue weighted by Gasteiger charge is -2.31. The molecule has 0 saturated carbocycles. The number of carbonyl (C=O) groups is 2. The van der Waals surface area contributed by atoms with Crippen LogP contribution < -0.4 is 21.7 Å². The van der Waals surface area contributed by atoms with E-state index in [2.05, 4.69) is 10.2 Å². The number of benzene rings is 1. The molecule has 0 aromatic heterocycles. The molecule has 6 nitrogen and oxygen atoms in total. The number of nitrogens with two attached hydrogens (primary N) is 2. The monoisotopic (exact) mass is 318 g/mol. The van der Waals surface area contributed by atoms with E-state index in [9.17, 15) is 9.59 Å². The van der Waals surface area contributed by atoms with E-state index in [4.69, 9.17) is 11.5 Å². The fraction of sp³-hybridized carbons (Fsp3) is 0.529. The molecule has 1 atom stereocenters. The highest BCUT2D eigenvalue weighted by Gasteiger charge is 2.20. The Morgan fingerprint density at radius 1 is 1.17 bits per heavy atom. The van der Waals surface area contributed by atoms with Crippen molar-refractivity contribution in [3.63, 3.8) is 0 Å². The number of rotatable bonds is 5. The maximum Gasteiger partial charge on any atom is 0.236 e. The molecule has 1 aliphatic heterocycles. The van der Waals surface area contributed by atoms with Gasteiger partial charge in [0.25, 0.3) is 0 Å². The van der Waals surface area contributed by atoms with E-state index in [0.717, 1.165) is 43.7 Å². The van der Waals surface area contributed by atoms with E-state index < -0.39 is 5.91 Å². The Kier molecular flexibility index (Phi) is 6.26. The Labute approximate surface area is 137 Å². The van der Waals surface area contributed by atoms with E-state index in [1.807, 2.05) is 24.3 Å². The Bertz CT molecular complexity index is 530. The number of amides is 2. The summed E-state index contributed by atoms with van der Waals surface area (Å²) < 4.78 is 0. The SMILES string of the molecule is NC(=O)CNC(=O)CC1CCCCCN(c2ccc(N)cc2)C1. The van der Waals surface area contributed by atoms with Gasteiger partial charge in [-0.3, -0.25) is 9.59 Å². The molecule has 1 fully saturated rings. The van der Waals surface area contributed by atoms with Gasteiger partial charge < -0.3 is 21.7 Å². The molecule has 0 aliphatic carbocycles. The molecular formula is C17H26N4O2. The smallest absolute Gasteiger partial charge is 0.236 e. The van der Waals surface area contributed by atoms with Crippen molar-refractivity contribution >= 4 is 23.2 Å². The number of nitrogen functional groups attached to an aromatic ring is 1. The lowest BCUT2D eigenvalue weighted by Crippen LogP contribution is -2.37. The second-order valence-corrected chi connectivity index (χ2v) is 6.20. The van der Waals surface area contributed by atoms with Crippen LogP contribution in [0.3, 0.4) is 0 Å². The van der Waals surface area contributed by atoms with Crippen molar-refractivity contribution < 1.29 is 9.59 Å². The normalized spacial score (nSPS) is 18.8. The minimum atomic E-state index is -0.514. The van der Waals surface area contributed by atoms with Crippen LogP contribution in [0.2, 0.25) is 0 Å². The molecule has 1 heterocycles. The number of primary amides is 1. The van der Waals surface area contributed by atoms with Gasteiger partial charge in [0.1, 0.15) is 0 Å². The van der Waals surface area contributed by atoms with Crippen LogP contribution >= 0.6 is 0 Å². The Hall–Kier alpha value is -2.24. The predicted molar refractivity (Wildman–Crippen MR) is 91.8 cm³/mol. The van der Waals surface area contributed by atoms with Gasteiger partial charge >= 0.3 is 0 Å². The van der Waals surface area contributed by atoms with Gasteiger partial charge in [0, 0.05) is 30.9 Å². The molecule has 1 unspecified atom stereocenters. The van der Waals surface area contributed by atoms with Crippen molar-refractivity contribution in [2.24, 2.45) is 11.7 Å². The summed E-state index contributed by atoms with van der Waals surface area (Å²) >= 11 is 0. The van der Waals surface area contributed by atoms with E-state index in [1.54, 1.807) is 0 Å². The van der Waals surface area contributed by atoms with Crippen LogP contribution in [0.5, 0.6) is 0 Å². The van der Waals surface area contributed by atoms with Crippen molar-refractivity contribution in [2.45, 2.75) is 32.1 Å². The topological polar surface area (TPSA) is 101 Å². The van der Waals surface area contributed by atoms with Crippen molar-refractivity contribution in [3.05, 3.63) is 24.3 Å². The first-order valence-corrected chi connectivity index (χ1v) is 8.20. The summed E-state index contributed by atoms with van der Waals surface area (Å²) in [6.07, 6.45) is 4.92. The molecule has 1 aromatic rings. The largest absolute Gasteiger partial charge is 0.399 e. The summed E-state index contributed by atoms with van der Waals surface area (Å²) in [5, 5.41) is 2.58. The Morgan fingerprint density at radius 2 is 1.91 bits per heavy atom. The average Bonchev–Trinajstić information content (AvgIpc) is 2.49. The number of carbonyl (C=O) groups excluding carboxylic acids is 2. The van der Waals surface area contributed by atoms with Crippen molar-refractivity contribution in [1.82, 2.24) is 5.32 Å². The van der Waals surface area contributed by atoms with E-state index >= 15 is 0 Å². The Balaban J connectivity index is 1.96. The summed E-state index contributed by atoms with van der Waals surface area (Å²) in [7, 11) is 0. The van der Waals surface area contributed by atoms with E-state index in [1.165, 1.54) is 6.42 Å². The maximum atomic E-state index is 11.9. The van der Waals surface area contributed by atoms with Gasteiger partial charge in [0.15, 0.2) is 0 Å². The number of nitrogens with zero attached hydrogens (tertiary/aromatic N) is 1. The lowest BCUT2D eigenvalue weighted by molar-refractivity contribution is -0.125. The molecule has 1 saturated heterocycles. The van der Waals surface area contributed by atoms with Gasteiger partial charge in [-0.05, 0) is 43.0 Å². The standard InChI is InChI=1S/C17H26N4O2/c18-14-5-7-15(8-6-14)21-9-3-1-2-4-13(12-21)10-17(23)20-11-16(19)22/h5-8,13H,1-4,9-12,18H2,(H2,19,22)(H,20,23). The minimum Gasteiger partial charge on any atom is -0.399 e. The molecule has 0 bridgehead atoms. The van der Waals surface area contributed by atoms with E-state index in [-0.39, 0.29) is 18.4 Å². The van der Waals surface area contributed by atoms with Crippen LogP contribution in [-0.4, -0.2) is 31.4 Å². The van der Waals surface area contributed by atoms with Gasteiger partial charge in [-0.1, -0.05) is 12.8 Å². The number of anilines is 2. The van der Waals surface area contributed by atoms with Crippen LogP contribution in [0.1, 0.15) is 32.1 Å². The second-order valence-electron chi connectivity index (χ2n) is 6.20. The molecule has 126 valence electrons. The molecule has 1 aliphatic rings. The molecule has 2 amide bonds. The minimum absolute atomic E-state index is 0.0900. The second kappa shape index (κ2) is 8.41. The predicted octanol–water partition coefficient (Wildman–Crippen LogP) is 1.26. The maximum absolute atomic E-state index is 11.9. The zero-order valence-corrected chi connectivity index (χ0v) is 13.5. The highest BCUT2D eigenvalue weighted by molar-refractivity contribution is 5.83. The first kappa shape index (κ1) is 17.1. The molecule has 1 aromatic carbocycles. The van der Waals surface area contributed by atoms with Crippen LogP contribution in [-0.2, 0) is 9.59 Å². The van der Waals surface area contributed by atoms with Crippen LogP contribution in [0.4, 0.5) is 11.4 Å². The summed E-state index contributed by atoms with van der Waals surface area (Å²) in [6, 6.07) is 7.87. The summed E-state index contributed by atoms with van der Waals surface area (Å²) in [5.41, 5.74) is 12.7. The van der Waals surface area contributed by atoms with Crippen LogP contribution in [0.25, 0.3) is 0 Å². The van der Waals surface area contributed by atoms with Gasteiger partial charge in [-0.2, -0.15) is 0 Å². The van der Waals surface area contributed by atoms with Gasteiger partial charge in [0.2, 0.25) is 11.8 Å². The molecule has 2 rings (SSSR count). The molecule has 23 heavy (non-hydrogen) atoms. The number of hydrogen-bond acceptors (Lipinski definition) is 4. The molecule has 5 N–H and O–H groups in total. The number of nitrogens with one attached hydrogen (secondary N) is 1. The van der Waals surface area contributed by atoms with E-state index in [0.29, 0.717) is 6.42 Å². The first-order valence-electron chi connectivity index (χ1n) is 8.20. The number of hydrogen-bond donors (Lipinski definition) is 3. The summed E-state index contributed by atoms with van der Waals surface area (Å²) in [5.74, 6) is -0.341. The highest BCUT2D eigenvalue weighted by Crippen LogP contribution is 2.24. The van der Waals surface area contributed by atoms with Gasteiger partial charge in [0.05, 0.1) is 6.54 Å². The van der Waals surface area contributed by atoms with Gasteiger partial charge in [-0.25, -0.2) is 0 Å². The zero-order valence-electron chi connectivity index (χ0n) is 13.5. The lowest BCUT2D eigenvalue weighted by atomic mass is 9.94. The molecule has 0 radical (unpaired) electrons. The molecule has 0 spiro atoms.